The highest BCUT2D eigenvalue weighted by molar-refractivity contribution is 5.97. The van der Waals surface area contributed by atoms with Gasteiger partial charge in [0.1, 0.15) is 5.75 Å². The Bertz CT molecular complexity index is 530. The molecule has 0 saturated heterocycles. The fourth-order valence-corrected chi connectivity index (χ4v) is 1.37. The van der Waals surface area contributed by atoms with Crippen molar-refractivity contribution in [1.29, 1.82) is 0 Å². The summed E-state index contributed by atoms with van der Waals surface area (Å²) in [7, 11) is 0. The monoisotopic (exact) mass is 294 g/mol. The Kier molecular flexibility index (Phi) is 6.19. The summed E-state index contributed by atoms with van der Waals surface area (Å²) < 4.78 is 4.73. The van der Waals surface area contributed by atoms with E-state index in [-0.39, 0.29) is 17.4 Å². The number of ether oxygens (including phenoxy) is 1. The summed E-state index contributed by atoms with van der Waals surface area (Å²) >= 11 is 0. The molecule has 114 valence electrons. The van der Waals surface area contributed by atoms with E-state index in [1.807, 2.05) is 12.2 Å². The number of carbonyl (C=O) groups excluding carboxylic acids is 3. The molecular weight excluding hydrogens is 276 g/mol. The van der Waals surface area contributed by atoms with E-state index in [1.165, 1.54) is 24.3 Å². The van der Waals surface area contributed by atoms with Crippen molar-refractivity contribution in [2.24, 2.45) is 0 Å². The van der Waals surface area contributed by atoms with Gasteiger partial charge < -0.3 is 15.2 Å². The Morgan fingerprint density at radius 2 is 2.05 bits per heavy atom. The van der Waals surface area contributed by atoms with Gasteiger partial charge in [-0.3, -0.25) is 10.1 Å². The molecule has 0 fully saturated rings. The standard InChI is InChI=1S/C14H18N2O5/c1-3-9(2)15-14(20)16-12(18)8-21-13(19)10-5-4-6-11(17)7-10/h4-7,9,17H,3,8H2,1-2H3,(H2,15,16,18,20)/t9-/m1/s1. The van der Waals surface area contributed by atoms with Gasteiger partial charge in [0.05, 0.1) is 5.56 Å². The van der Waals surface area contributed by atoms with Crippen LogP contribution in [0.2, 0.25) is 0 Å². The molecule has 3 amide bonds. The normalized spacial score (nSPS) is 11.3. The number of carbonyl (C=O) groups is 3. The molecule has 0 aliphatic rings. The van der Waals surface area contributed by atoms with Crippen LogP contribution in [0, 0.1) is 0 Å². The molecule has 1 aromatic carbocycles. The number of nitrogens with one attached hydrogen (secondary N) is 2. The molecule has 0 aliphatic heterocycles. The van der Waals surface area contributed by atoms with Crippen molar-refractivity contribution >= 4 is 17.9 Å². The minimum Gasteiger partial charge on any atom is -0.508 e. The predicted octanol–water partition coefficient (Wildman–Crippen LogP) is 1.17. The maximum absolute atomic E-state index is 11.6. The third-order valence-corrected chi connectivity index (χ3v) is 2.66. The molecule has 0 saturated carbocycles. The average Bonchev–Trinajstić information content (AvgIpc) is 2.44. The Balaban J connectivity index is 2.39. The summed E-state index contributed by atoms with van der Waals surface area (Å²) in [6.45, 7) is 3.11. The summed E-state index contributed by atoms with van der Waals surface area (Å²) in [5, 5.41) is 13.8. The highest BCUT2D eigenvalue weighted by atomic mass is 16.5. The maximum Gasteiger partial charge on any atom is 0.338 e. The van der Waals surface area contributed by atoms with E-state index in [2.05, 4.69) is 5.32 Å². The summed E-state index contributed by atoms with van der Waals surface area (Å²) in [5.41, 5.74) is 0.117. The topological polar surface area (TPSA) is 105 Å². The first kappa shape index (κ1) is 16.5. The molecule has 1 rings (SSSR count). The van der Waals surface area contributed by atoms with Crippen LogP contribution in [0.25, 0.3) is 0 Å². The Morgan fingerprint density at radius 3 is 2.67 bits per heavy atom. The van der Waals surface area contributed by atoms with E-state index >= 15 is 0 Å². The molecule has 0 bridgehead atoms. The van der Waals surface area contributed by atoms with Gasteiger partial charge in [-0.15, -0.1) is 0 Å². The van der Waals surface area contributed by atoms with Crippen LogP contribution in [0.1, 0.15) is 30.6 Å². The van der Waals surface area contributed by atoms with Crippen molar-refractivity contribution in [2.75, 3.05) is 6.61 Å². The van der Waals surface area contributed by atoms with Crippen LogP contribution >= 0.6 is 0 Å². The molecule has 1 atom stereocenters. The minimum atomic E-state index is -0.761. The van der Waals surface area contributed by atoms with Gasteiger partial charge in [-0.05, 0) is 31.5 Å². The average molecular weight is 294 g/mol. The van der Waals surface area contributed by atoms with Crippen molar-refractivity contribution in [1.82, 2.24) is 10.6 Å². The highest BCUT2D eigenvalue weighted by Crippen LogP contribution is 2.11. The number of esters is 1. The van der Waals surface area contributed by atoms with Gasteiger partial charge in [-0.1, -0.05) is 13.0 Å². The molecule has 0 radical (unpaired) electrons. The first-order chi connectivity index (χ1) is 9.92. The zero-order valence-corrected chi connectivity index (χ0v) is 11.9. The molecule has 3 N–H and O–H groups in total. The van der Waals surface area contributed by atoms with Crippen molar-refractivity contribution in [3.8, 4) is 5.75 Å². The fourth-order valence-electron chi connectivity index (χ4n) is 1.37. The molecule has 0 spiro atoms. The SMILES string of the molecule is CC[C@@H](C)NC(=O)NC(=O)COC(=O)c1cccc(O)c1. The second-order valence-electron chi connectivity index (χ2n) is 4.46. The zero-order valence-electron chi connectivity index (χ0n) is 11.9. The van der Waals surface area contributed by atoms with Crippen molar-refractivity contribution in [3.63, 3.8) is 0 Å². The first-order valence-electron chi connectivity index (χ1n) is 6.49. The lowest BCUT2D eigenvalue weighted by molar-refractivity contribution is -0.123. The van der Waals surface area contributed by atoms with Gasteiger partial charge in [0, 0.05) is 6.04 Å². The molecule has 1 aromatic rings. The number of rotatable bonds is 5. The summed E-state index contributed by atoms with van der Waals surface area (Å²) in [5.74, 6) is -1.57. The van der Waals surface area contributed by atoms with E-state index in [0.29, 0.717) is 0 Å². The van der Waals surface area contributed by atoms with Crippen LogP contribution in [0.15, 0.2) is 24.3 Å². The first-order valence-corrected chi connectivity index (χ1v) is 6.49. The molecule has 0 aliphatic carbocycles. The Morgan fingerprint density at radius 1 is 1.33 bits per heavy atom. The number of hydrogen-bond acceptors (Lipinski definition) is 5. The van der Waals surface area contributed by atoms with Gasteiger partial charge >= 0.3 is 12.0 Å². The quantitative estimate of drug-likeness (QED) is 0.707. The van der Waals surface area contributed by atoms with Crippen molar-refractivity contribution in [2.45, 2.75) is 26.3 Å². The smallest absolute Gasteiger partial charge is 0.338 e. The Hall–Kier alpha value is -2.57. The highest BCUT2D eigenvalue weighted by Gasteiger charge is 2.13. The summed E-state index contributed by atoms with van der Waals surface area (Å²) in [6, 6.07) is 4.84. The van der Waals surface area contributed by atoms with Crippen LogP contribution in [0.4, 0.5) is 4.79 Å². The van der Waals surface area contributed by atoms with Gasteiger partial charge in [0.25, 0.3) is 5.91 Å². The number of aromatic hydroxyl groups is 1. The van der Waals surface area contributed by atoms with E-state index < -0.39 is 24.5 Å². The van der Waals surface area contributed by atoms with E-state index in [9.17, 15) is 19.5 Å². The molecule has 0 heterocycles. The van der Waals surface area contributed by atoms with Crippen LogP contribution in [-0.4, -0.2) is 35.7 Å². The second-order valence-corrected chi connectivity index (χ2v) is 4.46. The molecule has 0 unspecified atom stereocenters. The summed E-state index contributed by atoms with van der Waals surface area (Å²) in [6.07, 6.45) is 0.730. The molecule has 0 aromatic heterocycles. The van der Waals surface area contributed by atoms with Gasteiger partial charge in [-0.25, -0.2) is 9.59 Å². The van der Waals surface area contributed by atoms with Gasteiger partial charge in [-0.2, -0.15) is 0 Å². The van der Waals surface area contributed by atoms with Crippen molar-refractivity contribution in [3.05, 3.63) is 29.8 Å². The van der Waals surface area contributed by atoms with Crippen LogP contribution in [0.5, 0.6) is 5.75 Å². The third-order valence-electron chi connectivity index (χ3n) is 2.66. The molecule has 7 nitrogen and oxygen atoms in total. The maximum atomic E-state index is 11.6. The number of phenols is 1. The fraction of sp³-hybridized carbons (Fsp3) is 0.357. The molecular formula is C14H18N2O5. The number of benzene rings is 1. The number of hydrogen-bond donors (Lipinski definition) is 3. The number of phenolic OH excluding ortho intramolecular Hbond substituents is 1. The van der Waals surface area contributed by atoms with Gasteiger partial charge in [0.15, 0.2) is 6.61 Å². The lowest BCUT2D eigenvalue weighted by Gasteiger charge is -2.11. The lowest BCUT2D eigenvalue weighted by atomic mass is 10.2. The van der Waals surface area contributed by atoms with Crippen molar-refractivity contribution < 1.29 is 24.2 Å². The molecule has 7 heteroatoms. The third kappa shape index (κ3) is 5.94. The van der Waals surface area contributed by atoms with Crippen LogP contribution in [0.3, 0.4) is 0 Å². The molecule has 21 heavy (non-hydrogen) atoms. The number of urea groups is 1. The lowest BCUT2D eigenvalue weighted by Crippen LogP contribution is -2.44. The van der Waals surface area contributed by atoms with E-state index in [4.69, 9.17) is 4.74 Å². The van der Waals surface area contributed by atoms with Crippen LogP contribution in [-0.2, 0) is 9.53 Å². The van der Waals surface area contributed by atoms with E-state index in [1.54, 1.807) is 6.92 Å². The number of imide groups is 1. The van der Waals surface area contributed by atoms with E-state index in [0.717, 1.165) is 6.42 Å². The predicted molar refractivity (Wildman–Crippen MR) is 74.8 cm³/mol. The summed E-state index contributed by atoms with van der Waals surface area (Å²) in [4.78, 5) is 34.4. The largest absolute Gasteiger partial charge is 0.508 e. The minimum absolute atomic E-state index is 0.0624. The number of amides is 3. The van der Waals surface area contributed by atoms with Crippen LogP contribution < -0.4 is 10.6 Å². The Labute approximate surface area is 122 Å². The zero-order chi connectivity index (χ0) is 15.8. The van der Waals surface area contributed by atoms with Gasteiger partial charge in [0.2, 0.25) is 0 Å². The second kappa shape index (κ2) is 7.88.